The number of carbonyl (C=O) groups excluding carboxylic acids is 1. The number of nitrogens with zero attached hydrogens (tertiary/aromatic N) is 1. The maximum atomic E-state index is 13.4. The van der Waals surface area contributed by atoms with Crippen LogP contribution in [0.25, 0.3) is 0 Å². The van der Waals surface area contributed by atoms with E-state index in [-0.39, 0.29) is 26.7 Å². The summed E-state index contributed by atoms with van der Waals surface area (Å²) in [5.41, 5.74) is 0.675. The topological polar surface area (TPSA) is 88.2 Å². The summed E-state index contributed by atoms with van der Waals surface area (Å²) in [6.45, 7) is 0. The number of nitrogens with one attached hydrogen (secondary N) is 2. The molecule has 0 spiro atoms. The van der Waals surface area contributed by atoms with E-state index in [1.807, 2.05) is 0 Å². The second kappa shape index (κ2) is 8.62. The van der Waals surface area contributed by atoms with Crippen LogP contribution in [0.2, 0.25) is 5.02 Å². The minimum absolute atomic E-state index is 0.0211. The van der Waals surface area contributed by atoms with Crippen LogP contribution < -0.4 is 10.0 Å². The molecule has 0 unspecified atom stereocenters. The summed E-state index contributed by atoms with van der Waals surface area (Å²) in [5, 5.41) is 2.92. The molecule has 1 aliphatic rings. The summed E-state index contributed by atoms with van der Waals surface area (Å²) in [6, 6.07) is 7.54. The summed E-state index contributed by atoms with van der Waals surface area (Å²) in [4.78, 5) is 17.3. The van der Waals surface area contributed by atoms with Gasteiger partial charge in [0.05, 0.1) is 5.02 Å². The molecule has 0 atom stereocenters. The highest BCUT2D eigenvalue weighted by Crippen LogP contribution is 2.28. The zero-order chi connectivity index (χ0) is 22.2. The van der Waals surface area contributed by atoms with Crippen molar-refractivity contribution in [2.24, 2.45) is 0 Å². The van der Waals surface area contributed by atoms with Crippen LogP contribution in [-0.2, 0) is 16.4 Å². The molecule has 0 saturated heterocycles. The van der Waals surface area contributed by atoms with Crippen LogP contribution in [0.3, 0.4) is 0 Å². The molecule has 6 nitrogen and oxygen atoms in total. The number of rotatable bonds is 7. The van der Waals surface area contributed by atoms with Crippen LogP contribution in [-0.4, -0.2) is 25.4 Å². The lowest BCUT2D eigenvalue weighted by atomic mass is 10.1. The normalized spacial score (nSPS) is 13.9. The van der Waals surface area contributed by atoms with Crippen LogP contribution >= 0.6 is 22.9 Å². The number of hydrogen-bond donors (Lipinski definition) is 2. The monoisotopic (exact) mass is 483 g/mol. The predicted octanol–water partition coefficient (Wildman–Crippen LogP) is 4.36. The minimum Gasteiger partial charge on any atom is -0.298 e. The number of amides is 1. The average molecular weight is 484 g/mol. The van der Waals surface area contributed by atoms with Crippen molar-refractivity contribution in [2.75, 3.05) is 5.32 Å². The van der Waals surface area contributed by atoms with Crippen molar-refractivity contribution in [3.63, 3.8) is 0 Å². The Hall–Kier alpha value is -2.40. The van der Waals surface area contributed by atoms with E-state index in [0.717, 1.165) is 29.9 Å². The Morgan fingerprint density at radius 2 is 1.94 bits per heavy atom. The van der Waals surface area contributed by atoms with Crippen LogP contribution in [0.1, 0.15) is 33.6 Å². The van der Waals surface area contributed by atoms with Gasteiger partial charge in [-0.05, 0) is 48.7 Å². The van der Waals surface area contributed by atoms with Crippen molar-refractivity contribution in [3.8, 4) is 0 Å². The molecule has 162 valence electrons. The van der Waals surface area contributed by atoms with Gasteiger partial charge in [0.2, 0.25) is 10.0 Å². The second-order valence-electron chi connectivity index (χ2n) is 7.05. The first kappa shape index (κ1) is 21.8. The molecule has 1 aliphatic carbocycles. The van der Waals surface area contributed by atoms with E-state index in [4.69, 9.17) is 11.6 Å². The molecule has 1 heterocycles. The second-order valence-corrected chi connectivity index (χ2v) is 10.3. The van der Waals surface area contributed by atoms with E-state index < -0.39 is 27.6 Å². The van der Waals surface area contributed by atoms with Gasteiger partial charge in [-0.15, -0.1) is 11.3 Å². The largest absolute Gasteiger partial charge is 0.298 e. The number of thiazole rings is 1. The first-order valence-electron chi connectivity index (χ1n) is 9.23. The third-order valence-electron chi connectivity index (χ3n) is 4.52. The molecular formula is C20H16ClF2N3O3S2. The molecule has 1 fully saturated rings. The van der Waals surface area contributed by atoms with Gasteiger partial charge < -0.3 is 0 Å². The summed E-state index contributed by atoms with van der Waals surface area (Å²) >= 11 is 7.21. The Morgan fingerprint density at radius 3 is 2.65 bits per heavy atom. The molecule has 1 saturated carbocycles. The standard InChI is InChI=1S/C20H16ClF2N3O3S2/c21-15-5-2-12(9-18(15)31(28,29)26-13-3-4-13)19(27)25-20-24-10-14(30-20)7-11-1-6-16(22)17(23)8-11/h1-2,5-6,8-10,13,26H,3-4,7H2,(H,24,25,27). The molecule has 11 heteroatoms. The molecule has 2 aromatic carbocycles. The van der Waals surface area contributed by atoms with Gasteiger partial charge in [-0.3, -0.25) is 10.1 Å². The lowest BCUT2D eigenvalue weighted by molar-refractivity contribution is 0.102. The highest BCUT2D eigenvalue weighted by atomic mass is 35.5. The molecule has 1 aromatic heterocycles. The number of hydrogen-bond acceptors (Lipinski definition) is 5. The third kappa shape index (κ3) is 5.27. The van der Waals surface area contributed by atoms with Crippen molar-refractivity contribution < 1.29 is 22.0 Å². The van der Waals surface area contributed by atoms with Crippen molar-refractivity contribution in [2.45, 2.75) is 30.2 Å². The van der Waals surface area contributed by atoms with Crippen LogP contribution in [0.5, 0.6) is 0 Å². The molecule has 3 aromatic rings. The molecule has 4 rings (SSSR count). The van der Waals surface area contributed by atoms with E-state index in [1.54, 1.807) is 0 Å². The van der Waals surface area contributed by atoms with Gasteiger partial charge in [-0.1, -0.05) is 17.7 Å². The van der Waals surface area contributed by atoms with Gasteiger partial charge in [0.1, 0.15) is 4.90 Å². The third-order valence-corrected chi connectivity index (χ3v) is 7.43. The SMILES string of the molecule is O=C(Nc1ncc(Cc2ccc(F)c(F)c2)s1)c1ccc(Cl)c(S(=O)(=O)NC2CC2)c1. The summed E-state index contributed by atoms with van der Waals surface area (Å²) in [5.74, 6) is -2.40. The number of benzene rings is 2. The van der Waals surface area contributed by atoms with E-state index in [9.17, 15) is 22.0 Å². The highest BCUT2D eigenvalue weighted by Gasteiger charge is 2.29. The Balaban J connectivity index is 1.47. The van der Waals surface area contributed by atoms with E-state index in [2.05, 4.69) is 15.0 Å². The van der Waals surface area contributed by atoms with E-state index in [1.165, 1.54) is 41.8 Å². The molecule has 0 bridgehead atoms. The smallest absolute Gasteiger partial charge is 0.257 e. The van der Waals surface area contributed by atoms with Gasteiger partial charge in [-0.25, -0.2) is 26.9 Å². The quantitative estimate of drug-likeness (QED) is 0.522. The van der Waals surface area contributed by atoms with Crippen LogP contribution in [0, 0.1) is 11.6 Å². The summed E-state index contributed by atoms with van der Waals surface area (Å²) in [6.07, 6.45) is 3.39. The number of carbonyl (C=O) groups is 1. The lowest BCUT2D eigenvalue weighted by Crippen LogP contribution is -2.26. The predicted molar refractivity (Wildman–Crippen MR) is 114 cm³/mol. The fourth-order valence-corrected chi connectivity index (χ4v) is 5.47. The van der Waals surface area contributed by atoms with Gasteiger partial charge in [0, 0.05) is 29.1 Å². The fraction of sp³-hybridized carbons (Fsp3) is 0.200. The maximum absolute atomic E-state index is 13.4. The molecule has 1 amide bonds. The lowest BCUT2D eigenvalue weighted by Gasteiger charge is -2.09. The average Bonchev–Trinajstić information content (AvgIpc) is 3.41. The number of anilines is 1. The number of sulfonamides is 1. The summed E-state index contributed by atoms with van der Waals surface area (Å²) in [7, 11) is -3.83. The fourth-order valence-electron chi connectivity index (χ4n) is 2.80. The Bertz CT molecular complexity index is 1260. The first-order chi connectivity index (χ1) is 14.7. The Kier molecular flexibility index (Phi) is 6.07. The Morgan fingerprint density at radius 1 is 1.16 bits per heavy atom. The van der Waals surface area contributed by atoms with Gasteiger partial charge in [-0.2, -0.15) is 0 Å². The van der Waals surface area contributed by atoms with Crippen LogP contribution in [0.15, 0.2) is 47.5 Å². The van der Waals surface area contributed by atoms with Gasteiger partial charge in [0.15, 0.2) is 16.8 Å². The van der Waals surface area contributed by atoms with Gasteiger partial charge >= 0.3 is 0 Å². The highest BCUT2D eigenvalue weighted by molar-refractivity contribution is 7.89. The van der Waals surface area contributed by atoms with Crippen molar-refractivity contribution in [1.82, 2.24) is 9.71 Å². The number of aromatic nitrogens is 1. The van der Waals surface area contributed by atoms with Crippen molar-refractivity contribution >= 4 is 44.0 Å². The zero-order valence-corrected chi connectivity index (χ0v) is 18.3. The Labute approximate surface area is 186 Å². The molecule has 0 radical (unpaired) electrons. The van der Waals surface area contributed by atoms with E-state index in [0.29, 0.717) is 12.0 Å². The number of halogens is 3. The minimum atomic E-state index is -3.83. The maximum Gasteiger partial charge on any atom is 0.257 e. The molecule has 0 aliphatic heterocycles. The van der Waals surface area contributed by atoms with Crippen molar-refractivity contribution in [1.29, 1.82) is 0 Å². The zero-order valence-electron chi connectivity index (χ0n) is 15.9. The molecule has 31 heavy (non-hydrogen) atoms. The summed E-state index contributed by atoms with van der Waals surface area (Å²) < 4.78 is 53.9. The first-order valence-corrected chi connectivity index (χ1v) is 11.9. The van der Waals surface area contributed by atoms with Crippen molar-refractivity contribution in [3.05, 3.63) is 75.3 Å². The molecular weight excluding hydrogens is 468 g/mol. The van der Waals surface area contributed by atoms with Crippen LogP contribution in [0.4, 0.5) is 13.9 Å². The van der Waals surface area contributed by atoms with Gasteiger partial charge in [0.25, 0.3) is 5.91 Å². The molecule has 2 N–H and O–H groups in total. The van der Waals surface area contributed by atoms with E-state index >= 15 is 0 Å².